The zero-order chi connectivity index (χ0) is 19.9. The summed E-state index contributed by atoms with van der Waals surface area (Å²) in [4.78, 5) is 14.7. The molecule has 1 aliphatic rings. The Morgan fingerprint density at radius 3 is 2.72 bits per heavy atom. The van der Waals surface area contributed by atoms with Crippen molar-refractivity contribution in [3.05, 3.63) is 90.0 Å². The third-order valence-corrected chi connectivity index (χ3v) is 5.21. The first-order chi connectivity index (χ1) is 14.3. The number of amides is 1. The molecule has 1 heterocycles. The van der Waals surface area contributed by atoms with E-state index in [0.29, 0.717) is 13.2 Å². The van der Waals surface area contributed by atoms with Gasteiger partial charge in [-0.25, -0.2) is 0 Å². The Bertz CT molecular complexity index is 979. The van der Waals surface area contributed by atoms with Crippen molar-refractivity contribution in [1.29, 1.82) is 0 Å². The third kappa shape index (κ3) is 5.31. The molecule has 148 valence electrons. The number of ether oxygens (including phenoxy) is 1. The van der Waals surface area contributed by atoms with Gasteiger partial charge in [0.25, 0.3) is 0 Å². The van der Waals surface area contributed by atoms with Crippen LogP contribution in [0.2, 0.25) is 0 Å². The van der Waals surface area contributed by atoms with Crippen molar-refractivity contribution < 1.29 is 9.53 Å². The van der Waals surface area contributed by atoms with Crippen molar-refractivity contribution in [2.24, 2.45) is 0 Å². The topological polar surface area (TPSA) is 41.6 Å². The van der Waals surface area contributed by atoms with Crippen molar-refractivity contribution >= 4 is 22.8 Å². The Labute approximate surface area is 171 Å². The standard InChI is InChI=1S/C25H26N2O2/c28-25(14-13-22-11-6-10-21-9-4-5-12-24(21)22)26-17-23-19-27(15-16-29-23)18-20-7-2-1-3-8-20/h1-14,23H,15-19H2,(H,26,28)/b14-13+. The molecule has 1 saturated heterocycles. The first-order valence-electron chi connectivity index (χ1n) is 10.1. The van der Waals surface area contributed by atoms with Crippen LogP contribution >= 0.6 is 0 Å². The van der Waals surface area contributed by atoms with Gasteiger partial charge in [-0.3, -0.25) is 9.69 Å². The molecule has 0 radical (unpaired) electrons. The van der Waals surface area contributed by atoms with E-state index in [9.17, 15) is 4.79 Å². The summed E-state index contributed by atoms with van der Waals surface area (Å²) in [6.07, 6.45) is 3.50. The molecule has 1 aliphatic heterocycles. The van der Waals surface area contributed by atoms with Gasteiger partial charge in [0.2, 0.25) is 5.91 Å². The van der Waals surface area contributed by atoms with E-state index in [0.717, 1.165) is 30.6 Å². The van der Waals surface area contributed by atoms with E-state index in [-0.39, 0.29) is 12.0 Å². The second kappa shape index (κ2) is 9.50. The van der Waals surface area contributed by atoms with Crippen molar-refractivity contribution in [3.8, 4) is 0 Å². The second-order valence-corrected chi connectivity index (χ2v) is 7.36. The molecule has 3 aromatic carbocycles. The molecule has 4 nitrogen and oxygen atoms in total. The van der Waals surface area contributed by atoms with Crippen molar-refractivity contribution in [3.63, 3.8) is 0 Å². The summed E-state index contributed by atoms with van der Waals surface area (Å²) in [5.74, 6) is -0.0956. The number of hydrogen-bond donors (Lipinski definition) is 1. The Kier molecular flexibility index (Phi) is 6.35. The Hall–Kier alpha value is -2.95. The van der Waals surface area contributed by atoms with Gasteiger partial charge in [0.05, 0.1) is 12.7 Å². The summed E-state index contributed by atoms with van der Waals surface area (Å²) in [5.41, 5.74) is 2.34. The highest BCUT2D eigenvalue weighted by Crippen LogP contribution is 2.19. The molecule has 0 bridgehead atoms. The summed E-state index contributed by atoms with van der Waals surface area (Å²) >= 11 is 0. The number of carbonyl (C=O) groups is 1. The van der Waals surface area contributed by atoms with Crippen LogP contribution in [0.4, 0.5) is 0 Å². The molecule has 4 rings (SSSR count). The van der Waals surface area contributed by atoms with Crippen LogP contribution in [0, 0.1) is 0 Å². The molecule has 1 amide bonds. The van der Waals surface area contributed by atoms with Crippen molar-refractivity contribution in [2.45, 2.75) is 12.6 Å². The van der Waals surface area contributed by atoms with Crippen LogP contribution in [0.15, 0.2) is 78.9 Å². The fraction of sp³-hybridized carbons (Fsp3) is 0.240. The number of fused-ring (bicyclic) bond motifs is 1. The Morgan fingerprint density at radius 1 is 1.03 bits per heavy atom. The summed E-state index contributed by atoms with van der Waals surface area (Å²) < 4.78 is 5.84. The van der Waals surface area contributed by atoms with Gasteiger partial charge in [0, 0.05) is 32.3 Å². The molecule has 29 heavy (non-hydrogen) atoms. The fourth-order valence-corrected chi connectivity index (χ4v) is 3.72. The first kappa shape index (κ1) is 19.4. The molecule has 1 unspecified atom stereocenters. The predicted octanol–water partition coefficient (Wildman–Crippen LogP) is 3.87. The quantitative estimate of drug-likeness (QED) is 0.654. The lowest BCUT2D eigenvalue weighted by Crippen LogP contribution is -2.46. The largest absolute Gasteiger partial charge is 0.374 e. The Morgan fingerprint density at radius 2 is 1.83 bits per heavy atom. The number of nitrogens with zero attached hydrogens (tertiary/aromatic N) is 1. The molecule has 1 N–H and O–H groups in total. The number of benzene rings is 3. The van der Waals surface area contributed by atoms with Crippen LogP contribution in [-0.2, 0) is 16.1 Å². The van der Waals surface area contributed by atoms with Gasteiger partial charge >= 0.3 is 0 Å². The normalized spacial score (nSPS) is 17.6. The maximum Gasteiger partial charge on any atom is 0.244 e. The van der Waals surface area contributed by atoms with E-state index in [1.807, 2.05) is 36.4 Å². The van der Waals surface area contributed by atoms with E-state index in [1.54, 1.807) is 6.08 Å². The van der Waals surface area contributed by atoms with Gasteiger partial charge in [0.15, 0.2) is 0 Å². The maximum atomic E-state index is 12.3. The molecule has 0 aromatic heterocycles. The third-order valence-electron chi connectivity index (χ3n) is 5.21. The van der Waals surface area contributed by atoms with Crippen LogP contribution in [0.5, 0.6) is 0 Å². The van der Waals surface area contributed by atoms with Crippen LogP contribution in [0.25, 0.3) is 16.8 Å². The van der Waals surface area contributed by atoms with Gasteiger partial charge < -0.3 is 10.1 Å². The average Bonchev–Trinajstić information content (AvgIpc) is 2.77. The van der Waals surface area contributed by atoms with Gasteiger partial charge in [-0.05, 0) is 28.0 Å². The van der Waals surface area contributed by atoms with Crippen molar-refractivity contribution in [1.82, 2.24) is 10.2 Å². The monoisotopic (exact) mass is 386 g/mol. The van der Waals surface area contributed by atoms with Gasteiger partial charge in [-0.15, -0.1) is 0 Å². The number of hydrogen-bond acceptors (Lipinski definition) is 3. The highest BCUT2D eigenvalue weighted by atomic mass is 16.5. The van der Waals surface area contributed by atoms with E-state index >= 15 is 0 Å². The molecular formula is C25H26N2O2. The lowest BCUT2D eigenvalue weighted by atomic mass is 10.0. The maximum absolute atomic E-state index is 12.3. The van der Waals surface area contributed by atoms with Gasteiger partial charge in [-0.2, -0.15) is 0 Å². The number of nitrogens with one attached hydrogen (secondary N) is 1. The van der Waals surface area contributed by atoms with E-state index < -0.39 is 0 Å². The first-order valence-corrected chi connectivity index (χ1v) is 10.1. The lowest BCUT2D eigenvalue weighted by molar-refractivity contribution is -0.117. The van der Waals surface area contributed by atoms with Crippen LogP contribution in [0.3, 0.4) is 0 Å². The highest BCUT2D eigenvalue weighted by molar-refractivity contribution is 5.96. The highest BCUT2D eigenvalue weighted by Gasteiger charge is 2.20. The number of carbonyl (C=O) groups excluding carboxylic acids is 1. The van der Waals surface area contributed by atoms with E-state index in [2.05, 4.69) is 52.7 Å². The SMILES string of the molecule is O=C(/C=C/c1cccc2ccccc12)NCC1CN(Cc2ccccc2)CCO1. The summed E-state index contributed by atoms with van der Waals surface area (Å²) in [5, 5.41) is 5.29. The zero-order valence-corrected chi connectivity index (χ0v) is 16.5. The van der Waals surface area contributed by atoms with Crippen molar-refractivity contribution in [2.75, 3.05) is 26.2 Å². The van der Waals surface area contributed by atoms with E-state index in [4.69, 9.17) is 4.74 Å². The molecule has 1 fully saturated rings. The molecule has 0 spiro atoms. The zero-order valence-electron chi connectivity index (χ0n) is 16.5. The minimum atomic E-state index is -0.0956. The average molecular weight is 386 g/mol. The number of morpholine rings is 1. The van der Waals surface area contributed by atoms with Crippen LogP contribution in [0.1, 0.15) is 11.1 Å². The van der Waals surface area contributed by atoms with Crippen LogP contribution < -0.4 is 5.32 Å². The molecule has 4 heteroatoms. The predicted molar refractivity (Wildman–Crippen MR) is 117 cm³/mol. The lowest BCUT2D eigenvalue weighted by Gasteiger charge is -2.33. The summed E-state index contributed by atoms with van der Waals surface area (Å²) in [6.45, 7) is 3.86. The molecule has 0 aliphatic carbocycles. The summed E-state index contributed by atoms with van der Waals surface area (Å²) in [7, 11) is 0. The molecular weight excluding hydrogens is 360 g/mol. The minimum absolute atomic E-state index is 0.0161. The van der Waals surface area contributed by atoms with Crippen LogP contribution in [-0.4, -0.2) is 43.2 Å². The van der Waals surface area contributed by atoms with E-state index in [1.165, 1.54) is 10.9 Å². The smallest absolute Gasteiger partial charge is 0.244 e. The number of rotatable bonds is 6. The van der Waals surface area contributed by atoms with Gasteiger partial charge in [-0.1, -0.05) is 72.8 Å². The molecule has 3 aromatic rings. The fourth-order valence-electron chi connectivity index (χ4n) is 3.72. The molecule has 1 atom stereocenters. The minimum Gasteiger partial charge on any atom is -0.374 e. The van der Waals surface area contributed by atoms with Gasteiger partial charge in [0.1, 0.15) is 0 Å². The second-order valence-electron chi connectivity index (χ2n) is 7.36. The summed E-state index contributed by atoms with van der Waals surface area (Å²) in [6, 6.07) is 24.8. The molecule has 0 saturated carbocycles. The Balaban J connectivity index is 1.29.